The van der Waals surface area contributed by atoms with Crippen molar-refractivity contribution in [2.24, 2.45) is 0 Å². The van der Waals surface area contributed by atoms with Crippen LogP contribution in [0.1, 0.15) is 21.6 Å². The molecule has 1 amide bonds. The summed E-state index contributed by atoms with van der Waals surface area (Å²) in [5.41, 5.74) is 2.49. The molecule has 8 nitrogen and oxygen atoms in total. The number of aryl methyl sites for hydroxylation is 1. The molecule has 0 bridgehead atoms. The van der Waals surface area contributed by atoms with E-state index in [1.54, 1.807) is 24.8 Å². The molecule has 25 heavy (non-hydrogen) atoms. The average molecular weight is 334 g/mol. The highest BCUT2D eigenvalue weighted by molar-refractivity contribution is 5.96. The Hall–Kier alpha value is -3.55. The van der Waals surface area contributed by atoms with Crippen LogP contribution in [-0.4, -0.2) is 30.6 Å². The largest absolute Gasteiger partial charge is 0.348 e. The van der Waals surface area contributed by atoms with Gasteiger partial charge in [0.15, 0.2) is 0 Å². The van der Waals surface area contributed by atoms with Crippen molar-refractivity contribution < 1.29 is 9.32 Å². The van der Waals surface area contributed by atoms with Gasteiger partial charge in [0, 0.05) is 31.3 Å². The Morgan fingerprint density at radius 2 is 2.20 bits per heavy atom. The van der Waals surface area contributed by atoms with Crippen LogP contribution in [0.15, 0.2) is 53.8 Å². The van der Waals surface area contributed by atoms with Gasteiger partial charge in [-0.15, -0.1) is 0 Å². The summed E-state index contributed by atoms with van der Waals surface area (Å²) in [5.74, 6) is 0.554. The third kappa shape index (κ3) is 2.97. The van der Waals surface area contributed by atoms with Gasteiger partial charge >= 0.3 is 0 Å². The van der Waals surface area contributed by atoms with Crippen molar-refractivity contribution in [3.63, 3.8) is 0 Å². The molecule has 0 aliphatic heterocycles. The van der Waals surface area contributed by atoms with E-state index in [2.05, 4.69) is 25.4 Å². The minimum Gasteiger partial charge on any atom is -0.348 e. The Kier molecular flexibility index (Phi) is 3.70. The molecule has 4 aromatic rings. The Balaban J connectivity index is 1.44. The monoisotopic (exact) mass is 334 g/mol. The Labute approximate surface area is 142 Å². The fourth-order valence-electron chi connectivity index (χ4n) is 2.42. The molecule has 4 rings (SSSR count). The van der Waals surface area contributed by atoms with Crippen LogP contribution >= 0.6 is 0 Å². The van der Waals surface area contributed by atoms with E-state index in [1.807, 2.05) is 29.8 Å². The average Bonchev–Trinajstić information content (AvgIpc) is 3.30. The van der Waals surface area contributed by atoms with Crippen LogP contribution in [0.4, 0.5) is 0 Å². The van der Waals surface area contributed by atoms with Crippen molar-refractivity contribution in [1.82, 2.24) is 30.0 Å². The molecule has 4 aromatic heterocycles. The van der Waals surface area contributed by atoms with Gasteiger partial charge in [-0.1, -0.05) is 11.2 Å². The van der Waals surface area contributed by atoms with Gasteiger partial charge in [-0.2, -0.15) is 0 Å². The molecule has 124 valence electrons. The predicted octanol–water partition coefficient (Wildman–Crippen LogP) is 2.04. The summed E-state index contributed by atoms with van der Waals surface area (Å²) in [6.45, 7) is 2.18. The molecule has 0 aromatic carbocycles. The standard InChI is InChI=1S/C17H14N6O2/c1-11-14-6-13(9-21-17(14)25-22-11)16(24)20-8-12-2-3-15(19-7-12)23-5-4-18-10-23/h2-7,9-10H,8H2,1H3,(H,20,24). The quantitative estimate of drug-likeness (QED) is 0.613. The summed E-state index contributed by atoms with van der Waals surface area (Å²) in [6, 6.07) is 5.51. The highest BCUT2D eigenvalue weighted by Crippen LogP contribution is 2.16. The lowest BCUT2D eigenvalue weighted by molar-refractivity contribution is 0.0950. The first-order chi connectivity index (χ1) is 12.2. The number of carbonyl (C=O) groups excluding carboxylic acids is 1. The maximum Gasteiger partial charge on any atom is 0.257 e. The SMILES string of the molecule is Cc1noc2ncc(C(=O)NCc3ccc(-n4ccnc4)nc3)cc12. The number of nitrogens with zero attached hydrogens (tertiary/aromatic N) is 5. The number of fused-ring (bicyclic) bond motifs is 1. The second-order valence-corrected chi connectivity index (χ2v) is 5.52. The third-order valence-electron chi connectivity index (χ3n) is 3.80. The van der Waals surface area contributed by atoms with Crippen molar-refractivity contribution in [1.29, 1.82) is 0 Å². The lowest BCUT2D eigenvalue weighted by Gasteiger charge is -2.06. The van der Waals surface area contributed by atoms with E-state index in [1.165, 1.54) is 6.20 Å². The van der Waals surface area contributed by atoms with Crippen LogP contribution < -0.4 is 5.32 Å². The minimum atomic E-state index is -0.214. The summed E-state index contributed by atoms with van der Waals surface area (Å²) in [6.07, 6.45) is 8.39. The van der Waals surface area contributed by atoms with E-state index < -0.39 is 0 Å². The number of carbonyl (C=O) groups is 1. The van der Waals surface area contributed by atoms with Gasteiger partial charge in [0.2, 0.25) is 0 Å². The van der Waals surface area contributed by atoms with E-state index in [-0.39, 0.29) is 5.91 Å². The van der Waals surface area contributed by atoms with Crippen molar-refractivity contribution in [3.8, 4) is 5.82 Å². The number of hydrogen-bond donors (Lipinski definition) is 1. The van der Waals surface area contributed by atoms with Gasteiger partial charge < -0.3 is 9.84 Å². The Morgan fingerprint density at radius 3 is 2.96 bits per heavy atom. The van der Waals surface area contributed by atoms with E-state index in [9.17, 15) is 4.79 Å². The van der Waals surface area contributed by atoms with Crippen LogP contribution in [0.5, 0.6) is 0 Å². The molecule has 0 spiro atoms. The lowest BCUT2D eigenvalue weighted by Crippen LogP contribution is -2.23. The number of imidazole rings is 1. The van der Waals surface area contributed by atoms with Crippen LogP contribution in [0.3, 0.4) is 0 Å². The number of nitrogens with one attached hydrogen (secondary N) is 1. The van der Waals surface area contributed by atoms with Gasteiger partial charge in [0.05, 0.1) is 16.6 Å². The first kappa shape index (κ1) is 15.0. The molecular weight excluding hydrogens is 320 g/mol. The highest BCUT2D eigenvalue weighted by atomic mass is 16.5. The number of aromatic nitrogens is 5. The van der Waals surface area contributed by atoms with E-state index >= 15 is 0 Å². The van der Waals surface area contributed by atoms with Crippen LogP contribution in [-0.2, 0) is 6.54 Å². The summed E-state index contributed by atoms with van der Waals surface area (Å²) >= 11 is 0. The van der Waals surface area contributed by atoms with Crippen molar-refractivity contribution in [3.05, 3.63) is 66.1 Å². The zero-order valence-electron chi connectivity index (χ0n) is 13.4. The van der Waals surface area contributed by atoms with Gasteiger partial charge in [0.1, 0.15) is 12.1 Å². The van der Waals surface area contributed by atoms with Crippen molar-refractivity contribution >= 4 is 17.0 Å². The number of amides is 1. The smallest absolute Gasteiger partial charge is 0.257 e. The molecule has 8 heteroatoms. The minimum absolute atomic E-state index is 0.214. The van der Waals surface area contributed by atoms with E-state index in [0.29, 0.717) is 23.5 Å². The summed E-state index contributed by atoms with van der Waals surface area (Å²) in [4.78, 5) is 24.8. The molecule has 0 saturated carbocycles. The predicted molar refractivity (Wildman–Crippen MR) is 89.1 cm³/mol. The topological polar surface area (TPSA) is 98.7 Å². The fraction of sp³-hybridized carbons (Fsp3) is 0.118. The van der Waals surface area contributed by atoms with Gasteiger partial charge in [0.25, 0.3) is 11.6 Å². The molecule has 0 radical (unpaired) electrons. The first-order valence-electron chi connectivity index (χ1n) is 7.64. The molecule has 0 fully saturated rings. The second kappa shape index (κ2) is 6.16. The molecule has 4 heterocycles. The number of hydrogen-bond acceptors (Lipinski definition) is 6. The van der Waals surface area contributed by atoms with Crippen LogP contribution in [0.2, 0.25) is 0 Å². The molecular formula is C17H14N6O2. The van der Waals surface area contributed by atoms with Crippen LogP contribution in [0, 0.1) is 6.92 Å². The van der Waals surface area contributed by atoms with Gasteiger partial charge in [-0.3, -0.25) is 9.36 Å². The summed E-state index contributed by atoms with van der Waals surface area (Å²) < 4.78 is 6.86. The first-order valence-corrected chi connectivity index (χ1v) is 7.64. The zero-order chi connectivity index (χ0) is 17.2. The van der Waals surface area contributed by atoms with Crippen LogP contribution in [0.25, 0.3) is 16.9 Å². The molecule has 0 unspecified atom stereocenters. The van der Waals surface area contributed by atoms with Gasteiger partial charge in [-0.05, 0) is 24.6 Å². The third-order valence-corrected chi connectivity index (χ3v) is 3.80. The van der Waals surface area contributed by atoms with Crippen molar-refractivity contribution in [2.45, 2.75) is 13.5 Å². The Bertz CT molecular complexity index is 1020. The second-order valence-electron chi connectivity index (χ2n) is 5.52. The summed E-state index contributed by atoms with van der Waals surface area (Å²) in [7, 11) is 0. The zero-order valence-corrected chi connectivity index (χ0v) is 13.4. The maximum absolute atomic E-state index is 12.3. The fourth-order valence-corrected chi connectivity index (χ4v) is 2.42. The molecule has 0 atom stereocenters. The van der Waals surface area contributed by atoms with E-state index in [4.69, 9.17) is 4.52 Å². The normalized spacial score (nSPS) is 10.9. The van der Waals surface area contributed by atoms with E-state index in [0.717, 1.165) is 16.8 Å². The summed E-state index contributed by atoms with van der Waals surface area (Å²) in [5, 5.41) is 7.43. The highest BCUT2D eigenvalue weighted by Gasteiger charge is 2.11. The molecule has 0 saturated heterocycles. The Morgan fingerprint density at radius 1 is 1.28 bits per heavy atom. The molecule has 0 aliphatic rings. The number of rotatable bonds is 4. The molecule has 1 N–H and O–H groups in total. The van der Waals surface area contributed by atoms with Crippen molar-refractivity contribution in [2.75, 3.05) is 0 Å². The molecule has 0 aliphatic carbocycles. The maximum atomic E-state index is 12.3. The van der Waals surface area contributed by atoms with Gasteiger partial charge in [-0.25, -0.2) is 15.0 Å². The number of pyridine rings is 2. The lowest BCUT2D eigenvalue weighted by atomic mass is 10.2.